The number of nitrogens with zero attached hydrogens (tertiary/aromatic N) is 3. The summed E-state index contributed by atoms with van der Waals surface area (Å²) >= 11 is 0. The quantitative estimate of drug-likeness (QED) is 0.243. The zero-order chi connectivity index (χ0) is 24.5. The van der Waals surface area contributed by atoms with Crippen LogP contribution in [0.25, 0.3) is 16.6 Å². The van der Waals surface area contributed by atoms with Crippen LogP contribution in [-0.4, -0.2) is 27.2 Å². The summed E-state index contributed by atoms with van der Waals surface area (Å²) in [6.45, 7) is 1.71. The van der Waals surface area contributed by atoms with Crippen molar-refractivity contribution in [3.8, 4) is 11.4 Å². The number of carbonyl (C=O) groups is 1. The van der Waals surface area contributed by atoms with Gasteiger partial charge in [-0.05, 0) is 43.3 Å². The van der Waals surface area contributed by atoms with Gasteiger partial charge in [-0.1, -0.05) is 12.1 Å². The third-order valence-electron chi connectivity index (χ3n) is 5.65. The number of para-hydroxylation sites is 1. The number of aryl methyl sites for hydroxylation is 1. The van der Waals surface area contributed by atoms with Gasteiger partial charge in [-0.15, -0.1) is 0 Å². The van der Waals surface area contributed by atoms with E-state index < -0.39 is 10.9 Å². The predicted molar refractivity (Wildman–Crippen MR) is 125 cm³/mol. The summed E-state index contributed by atoms with van der Waals surface area (Å²) in [5.41, 5.74) is 1.99. The van der Waals surface area contributed by atoms with Gasteiger partial charge >= 0.3 is 5.97 Å². The molecular weight excluding hydrogens is 454 g/mol. The van der Waals surface area contributed by atoms with Crippen LogP contribution in [0.4, 0.5) is 5.69 Å². The molecule has 0 amide bonds. The first-order chi connectivity index (χ1) is 16.9. The highest BCUT2D eigenvalue weighted by Gasteiger charge is 2.22. The van der Waals surface area contributed by atoms with Gasteiger partial charge in [0.05, 0.1) is 33.7 Å². The van der Waals surface area contributed by atoms with Crippen LogP contribution in [0.5, 0.6) is 5.75 Å². The SMILES string of the molecule is Cc1nc2ccccc2c(=O)n1-c1ccc(C(=O)OCc2cc([N+](=O)[O-])cc3c2OCOC3)cc1. The Morgan fingerprint density at radius 1 is 1.17 bits per heavy atom. The third-order valence-corrected chi connectivity index (χ3v) is 5.65. The maximum atomic E-state index is 13.0. The van der Waals surface area contributed by atoms with Gasteiger partial charge in [0.25, 0.3) is 11.2 Å². The Morgan fingerprint density at radius 3 is 2.71 bits per heavy atom. The van der Waals surface area contributed by atoms with Crippen LogP contribution in [0.2, 0.25) is 0 Å². The molecule has 0 unspecified atom stereocenters. The lowest BCUT2D eigenvalue weighted by atomic mass is 10.1. The number of hydrogen-bond acceptors (Lipinski definition) is 8. The van der Waals surface area contributed by atoms with Gasteiger partial charge in [0.2, 0.25) is 0 Å². The van der Waals surface area contributed by atoms with Gasteiger partial charge in [0.1, 0.15) is 18.2 Å². The van der Waals surface area contributed by atoms with E-state index in [4.69, 9.17) is 14.2 Å². The van der Waals surface area contributed by atoms with Crippen molar-refractivity contribution < 1.29 is 23.9 Å². The summed E-state index contributed by atoms with van der Waals surface area (Å²) in [4.78, 5) is 40.9. The number of benzene rings is 3. The van der Waals surface area contributed by atoms with Crippen molar-refractivity contribution in [2.75, 3.05) is 6.79 Å². The van der Waals surface area contributed by atoms with E-state index in [1.807, 2.05) is 6.07 Å². The average molecular weight is 473 g/mol. The van der Waals surface area contributed by atoms with Gasteiger partial charge in [0, 0.05) is 23.3 Å². The molecule has 0 aliphatic carbocycles. The lowest BCUT2D eigenvalue weighted by Gasteiger charge is -2.20. The standard InChI is InChI=1S/C25H19N3O7/c1-15-26-22-5-3-2-4-21(22)24(29)27(15)19-8-6-16(7-9-19)25(30)34-13-18-11-20(28(31)32)10-17-12-33-14-35-23(17)18/h2-11H,12-14H2,1H3. The van der Waals surface area contributed by atoms with Crippen LogP contribution in [0.3, 0.4) is 0 Å². The van der Waals surface area contributed by atoms with Gasteiger partial charge < -0.3 is 14.2 Å². The minimum Gasteiger partial charge on any atom is -0.467 e. The van der Waals surface area contributed by atoms with E-state index in [1.165, 1.54) is 16.7 Å². The lowest BCUT2D eigenvalue weighted by Crippen LogP contribution is -2.22. The average Bonchev–Trinajstić information content (AvgIpc) is 2.87. The van der Waals surface area contributed by atoms with Crippen molar-refractivity contribution in [1.82, 2.24) is 9.55 Å². The van der Waals surface area contributed by atoms with E-state index in [0.717, 1.165) is 0 Å². The highest BCUT2D eigenvalue weighted by Crippen LogP contribution is 2.33. The number of nitro groups is 1. The normalized spacial score (nSPS) is 12.6. The number of ether oxygens (including phenoxy) is 3. The molecule has 3 aromatic carbocycles. The van der Waals surface area contributed by atoms with Crippen LogP contribution in [-0.2, 0) is 22.7 Å². The Bertz CT molecular complexity index is 1530. The molecule has 176 valence electrons. The molecule has 0 atom stereocenters. The fourth-order valence-corrected chi connectivity index (χ4v) is 4.01. The van der Waals surface area contributed by atoms with E-state index >= 15 is 0 Å². The summed E-state index contributed by atoms with van der Waals surface area (Å²) in [5, 5.41) is 11.8. The highest BCUT2D eigenvalue weighted by atomic mass is 16.7. The second kappa shape index (κ2) is 8.99. The van der Waals surface area contributed by atoms with Gasteiger partial charge in [-0.25, -0.2) is 9.78 Å². The number of non-ortho nitro benzene ring substituents is 1. The second-order valence-electron chi connectivity index (χ2n) is 7.90. The van der Waals surface area contributed by atoms with Crippen LogP contribution in [0.1, 0.15) is 27.3 Å². The molecule has 0 N–H and O–H groups in total. The first-order valence-electron chi connectivity index (χ1n) is 10.7. The van der Waals surface area contributed by atoms with Crippen LogP contribution < -0.4 is 10.3 Å². The fraction of sp³-hybridized carbons (Fsp3) is 0.160. The van der Waals surface area contributed by atoms with Crippen molar-refractivity contribution in [3.05, 3.63) is 104 Å². The first-order valence-corrected chi connectivity index (χ1v) is 10.7. The lowest BCUT2D eigenvalue weighted by molar-refractivity contribution is -0.385. The molecule has 0 radical (unpaired) electrons. The van der Waals surface area contributed by atoms with Crippen LogP contribution in [0.15, 0.2) is 65.5 Å². The summed E-state index contributed by atoms with van der Waals surface area (Å²) < 4.78 is 17.5. The number of carbonyl (C=O) groups excluding carboxylic acids is 1. The minimum absolute atomic E-state index is 0.00956. The Morgan fingerprint density at radius 2 is 1.94 bits per heavy atom. The van der Waals surface area contributed by atoms with E-state index in [2.05, 4.69) is 4.98 Å². The highest BCUT2D eigenvalue weighted by molar-refractivity contribution is 5.89. The largest absolute Gasteiger partial charge is 0.467 e. The maximum Gasteiger partial charge on any atom is 0.338 e. The molecule has 10 nitrogen and oxygen atoms in total. The molecule has 1 aliphatic heterocycles. The molecule has 1 aromatic heterocycles. The Balaban J connectivity index is 1.37. The molecule has 4 aromatic rings. The number of aromatic nitrogens is 2. The summed E-state index contributed by atoms with van der Waals surface area (Å²) in [7, 11) is 0. The molecular formula is C25H19N3O7. The zero-order valence-electron chi connectivity index (χ0n) is 18.6. The zero-order valence-corrected chi connectivity index (χ0v) is 18.6. The topological polar surface area (TPSA) is 123 Å². The van der Waals surface area contributed by atoms with E-state index in [1.54, 1.807) is 49.4 Å². The molecule has 2 heterocycles. The van der Waals surface area contributed by atoms with Gasteiger partial charge in [-0.2, -0.15) is 0 Å². The van der Waals surface area contributed by atoms with Crippen molar-refractivity contribution in [2.45, 2.75) is 20.1 Å². The molecule has 35 heavy (non-hydrogen) atoms. The monoisotopic (exact) mass is 473 g/mol. The Hall–Kier alpha value is -4.57. The number of rotatable bonds is 5. The van der Waals surface area contributed by atoms with E-state index in [-0.39, 0.29) is 36.8 Å². The number of fused-ring (bicyclic) bond motifs is 2. The molecule has 0 bridgehead atoms. The summed E-state index contributed by atoms with van der Waals surface area (Å²) in [6, 6.07) is 16.2. The summed E-state index contributed by atoms with van der Waals surface area (Å²) in [6.07, 6.45) is 0. The molecule has 1 aliphatic rings. The third kappa shape index (κ3) is 4.22. The molecule has 0 saturated carbocycles. The Kier molecular flexibility index (Phi) is 5.71. The second-order valence-corrected chi connectivity index (χ2v) is 7.90. The van der Waals surface area contributed by atoms with E-state index in [9.17, 15) is 19.7 Å². The minimum atomic E-state index is -0.621. The number of nitro benzene ring substituents is 1. The molecule has 0 spiro atoms. The van der Waals surface area contributed by atoms with Gasteiger partial charge in [-0.3, -0.25) is 19.5 Å². The molecule has 0 saturated heterocycles. The van der Waals surface area contributed by atoms with Crippen molar-refractivity contribution in [1.29, 1.82) is 0 Å². The smallest absolute Gasteiger partial charge is 0.338 e. The fourth-order valence-electron chi connectivity index (χ4n) is 4.01. The van der Waals surface area contributed by atoms with E-state index in [0.29, 0.717) is 39.3 Å². The van der Waals surface area contributed by atoms with Crippen molar-refractivity contribution >= 4 is 22.6 Å². The molecule has 0 fully saturated rings. The predicted octanol–water partition coefficient (Wildman–Crippen LogP) is 3.83. The van der Waals surface area contributed by atoms with Crippen molar-refractivity contribution in [2.24, 2.45) is 0 Å². The molecule has 5 rings (SSSR count). The first kappa shape index (κ1) is 22.2. The number of esters is 1. The molecule has 10 heteroatoms. The van der Waals surface area contributed by atoms with Crippen LogP contribution >= 0.6 is 0 Å². The Labute approximate surface area is 198 Å². The maximum absolute atomic E-state index is 13.0. The van der Waals surface area contributed by atoms with Crippen molar-refractivity contribution in [3.63, 3.8) is 0 Å². The van der Waals surface area contributed by atoms with Crippen LogP contribution in [0, 0.1) is 17.0 Å². The summed E-state index contributed by atoms with van der Waals surface area (Å²) in [5.74, 6) is 0.316. The number of hydrogen-bond donors (Lipinski definition) is 0. The van der Waals surface area contributed by atoms with Gasteiger partial charge in [0.15, 0.2) is 6.79 Å².